The lowest BCUT2D eigenvalue weighted by molar-refractivity contribution is 0.320. The van der Waals surface area contributed by atoms with E-state index >= 15 is 0 Å². The van der Waals surface area contributed by atoms with Crippen LogP contribution >= 0.6 is 11.6 Å². The number of hydrogen-bond acceptors (Lipinski definition) is 2. The van der Waals surface area contributed by atoms with Gasteiger partial charge < -0.3 is 9.30 Å². The van der Waals surface area contributed by atoms with Crippen molar-refractivity contribution >= 4 is 22.6 Å². The number of aromatic nitrogens is 2. The van der Waals surface area contributed by atoms with Gasteiger partial charge >= 0.3 is 0 Å². The van der Waals surface area contributed by atoms with E-state index in [2.05, 4.69) is 31.4 Å². The molecule has 0 bridgehead atoms. The van der Waals surface area contributed by atoms with Gasteiger partial charge in [0.25, 0.3) is 0 Å². The summed E-state index contributed by atoms with van der Waals surface area (Å²) in [5.74, 6) is 2.44. The van der Waals surface area contributed by atoms with E-state index in [-0.39, 0.29) is 5.38 Å². The van der Waals surface area contributed by atoms with Crippen molar-refractivity contribution in [3.63, 3.8) is 0 Å². The number of benzene rings is 1. The summed E-state index contributed by atoms with van der Waals surface area (Å²) in [5, 5.41) is -0.108. The first-order valence-electron chi connectivity index (χ1n) is 7.80. The maximum atomic E-state index is 6.33. The minimum Gasteiger partial charge on any atom is -0.491 e. The SMILES string of the molecule is CCCOc1cccc2c1nc(C(C)Cl)n2CCC(C)C. The quantitative estimate of drug-likeness (QED) is 0.660. The molecular weight excluding hydrogens is 284 g/mol. The molecule has 0 aliphatic carbocycles. The largest absolute Gasteiger partial charge is 0.491 e. The molecule has 3 nitrogen and oxygen atoms in total. The van der Waals surface area contributed by atoms with Crippen LogP contribution in [0.15, 0.2) is 18.2 Å². The van der Waals surface area contributed by atoms with Gasteiger partial charge in [0.2, 0.25) is 0 Å². The number of alkyl halides is 1. The Bertz CT molecular complexity index is 590. The van der Waals surface area contributed by atoms with Crippen molar-refractivity contribution in [2.24, 2.45) is 5.92 Å². The molecule has 0 saturated heterocycles. The van der Waals surface area contributed by atoms with Crippen LogP contribution in [0.3, 0.4) is 0 Å². The van der Waals surface area contributed by atoms with Gasteiger partial charge in [0, 0.05) is 6.54 Å². The van der Waals surface area contributed by atoms with Gasteiger partial charge in [-0.2, -0.15) is 0 Å². The molecule has 1 atom stereocenters. The molecule has 0 spiro atoms. The van der Waals surface area contributed by atoms with Gasteiger partial charge in [-0.05, 0) is 37.8 Å². The summed E-state index contributed by atoms with van der Waals surface area (Å²) in [6.07, 6.45) is 2.10. The van der Waals surface area contributed by atoms with Gasteiger partial charge in [0.15, 0.2) is 0 Å². The average Bonchev–Trinajstić information content (AvgIpc) is 2.82. The number of halogens is 1. The third kappa shape index (κ3) is 3.70. The van der Waals surface area contributed by atoms with Crippen molar-refractivity contribution in [3.8, 4) is 5.75 Å². The molecule has 0 amide bonds. The molecule has 0 aliphatic rings. The van der Waals surface area contributed by atoms with E-state index < -0.39 is 0 Å². The van der Waals surface area contributed by atoms with Gasteiger partial charge in [-0.3, -0.25) is 0 Å². The highest BCUT2D eigenvalue weighted by molar-refractivity contribution is 6.20. The number of aryl methyl sites for hydroxylation is 1. The van der Waals surface area contributed by atoms with Crippen LogP contribution in [0.1, 0.15) is 51.7 Å². The van der Waals surface area contributed by atoms with E-state index in [0.717, 1.165) is 42.0 Å². The molecule has 2 aromatic rings. The Morgan fingerprint density at radius 2 is 2.05 bits per heavy atom. The molecule has 0 radical (unpaired) electrons. The van der Waals surface area contributed by atoms with Gasteiger partial charge in [-0.15, -0.1) is 11.6 Å². The normalized spacial score (nSPS) is 13.0. The number of fused-ring (bicyclic) bond motifs is 1. The summed E-state index contributed by atoms with van der Waals surface area (Å²) in [4.78, 5) is 4.75. The Labute approximate surface area is 132 Å². The first-order valence-corrected chi connectivity index (χ1v) is 8.24. The third-order valence-corrected chi connectivity index (χ3v) is 3.71. The molecule has 1 aromatic carbocycles. The number of para-hydroxylation sites is 1. The zero-order valence-electron chi connectivity index (χ0n) is 13.4. The highest BCUT2D eigenvalue weighted by Gasteiger charge is 2.17. The minimum atomic E-state index is -0.108. The Balaban J connectivity index is 2.46. The number of ether oxygens (including phenoxy) is 1. The van der Waals surface area contributed by atoms with E-state index in [0.29, 0.717) is 12.5 Å². The van der Waals surface area contributed by atoms with Crippen molar-refractivity contribution in [2.45, 2.75) is 52.5 Å². The topological polar surface area (TPSA) is 27.1 Å². The third-order valence-electron chi connectivity index (χ3n) is 3.52. The van der Waals surface area contributed by atoms with Crippen LogP contribution in [0.2, 0.25) is 0 Å². The zero-order valence-corrected chi connectivity index (χ0v) is 14.2. The van der Waals surface area contributed by atoms with Crippen molar-refractivity contribution in [1.82, 2.24) is 9.55 Å². The van der Waals surface area contributed by atoms with Crippen LogP contribution in [0.4, 0.5) is 0 Å². The van der Waals surface area contributed by atoms with Gasteiger partial charge in [0.1, 0.15) is 17.1 Å². The number of hydrogen-bond donors (Lipinski definition) is 0. The highest BCUT2D eigenvalue weighted by atomic mass is 35.5. The van der Waals surface area contributed by atoms with Crippen LogP contribution < -0.4 is 4.74 Å². The first kappa shape index (κ1) is 16.2. The summed E-state index contributed by atoms with van der Waals surface area (Å²) < 4.78 is 8.07. The maximum Gasteiger partial charge on any atom is 0.147 e. The Kier molecular flexibility index (Phi) is 5.51. The molecule has 1 heterocycles. The molecule has 2 rings (SSSR count). The van der Waals surface area contributed by atoms with E-state index in [9.17, 15) is 0 Å². The molecule has 21 heavy (non-hydrogen) atoms. The molecular formula is C17H25ClN2O. The average molecular weight is 309 g/mol. The summed E-state index contributed by atoms with van der Waals surface area (Å²) in [6, 6.07) is 6.12. The molecule has 4 heteroatoms. The van der Waals surface area contributed by atoms with Crippen molar-refractivity contribution in [2.75, 3.05) is 6.61 Å². The zero-order chi connectivity index (χ0) is 15.4. The van der Waals surface area contributed by atoms with E-state index in [1.807, 2.05) is 19.1 Å². The Morgan fingerprint density at radius 3 is 2.67 bits per heavy atom. The molecule has 0 aliphatic heterocycles. The fraction of sp³-hybridized carbons (Fsp3) is 0.588. The summed E-state index contributed by atoms with van der Waals surface area (Å²) in [7, 11) is 0. The number of rotatable bonds is 7. The minimum absolute atomic E-state index is 0.108. The van der Waals surface area contributed by atoms with E-state index in [1.165, 1.54) is 0 Å². The molecule has 1 unspecified atom stereocenters. The highest BCUT2D eigenvalue weighted by Crippen LogP contribution is 2.30. The molecule has 0 N–H and O–H groups in total. The lowest BCUT2D eigenvalue weighted by Crippen LogP contribution is -2.06. The smallest absolute Gasteiger partial charge is 0.147 e. The lowest BCUT2D eigenvalue weighted by Gasteiger charge is -2.12. The maximum absolute atomic E-state index is 6.33. The second kappa shape index (κ2) is 7.17. The van der Waals surface area contributed by atoms with Crippen LogP contribution in [0.25, 0.3) is 11.0 Å². The molecule has 0 fully saturated rings. The second-order valence-corrected chi connectivity index (χ2v) is 6.55. The van der Waals surface area contributed by atoms with Crippen LogP contribution in [0.5, 0.6) is 5.75 Å². The van der Waals surface area contributed by atoms with Crippen LogP contribution in [-0.2, 0) is 6.54 Å². The van der Waals surface area contributed by atoms with E-state index in [4.69, 9.17) is 21.3 Å². The second-order valence-electron chi connectivity index (χ2n) is 5.89. The molecule has 1 aromatic heterocycles. The Morgan fingerprint density at radius 1 is 1.29 bits per heavy atom. The predicted octanol–water partition coefficient (Wildman–Crippen LogP) is 5.17. The lowest BCUT2D eigenvalue weighted by atomic mass is 10.1. The molecule has 116 valence electrons. The van der Waals surface area contributed by atoms with Gasteiger partial charge in [-0.1, -0.05) is 26.8 Å². The Hall–Kier alpha value is -1.22. The van der Waals surface area contributed by atoms with Gasteiger partial charge in [-0.25, -0.2) is 4.98 Å². The summed E-state index contributed by atoms with van der Waals surface area (Å²) in [6.45, 7) is 10.2. The fourth-order valence-electron chi connectivity index (χ4n) is 2.39. The molecule has 0 saturated carbocycles. The van der Waals surface area contributed by atoms with Crippen molar-refractivity contribution in [1.29, 1.82) is 0 Å². The number of imidazole rings is 1. The van der Waals surface area contributed by atoms with Crippen LogP contribution in [0, 0.1) is 5.92 Å². The van der Waals surface area contributed by atoms with Crippen LogP contribution in [-0.4, -0.2) is 16.2 Å². The number of nitrogens with zero attached hydrogens (tertiary/aromatic N) is 2. The van der Waals surface area contributed by atoms with Crippen molar-refractivity contribution < 1.29 is 4.74 Å². The fourth-order valence-corrected chi connectivity index (χ4v) is 2.56. The first-order chi connectivity index (χ1) is 10.0. The van der Waals surface area contributed by atoms with Gasteiger partial charge in [0.05, 0.1) is 17.5 Å². The summed E-state index contributed by atoms with van der Waals surface area (Å²) in [5.41, 5.74) is 2.05. The van der Waals surface area contributed by atoms with Crippen molar-refractivity contribution in [3.05, 3.63) is 24.0 Å². The standard InChI is InChI=1S/C17H25ClN2O/c1-5-11-21-15-8-6-7-14-16(15)19-17(13(4)18)20(14)10-9-12(2)3/h6-8,12-13H,5,9-11H2,1-4H3. The summed E-state index contributed by atoms with van der Waals surface area (Å²) >= 11 is 6.33. The van der Waals surface area contributed by atoms with E-state index in [1.54, 1.807) is 0 Å². The predicted molar refractivity (Wildman–Crippen MR) is 89.2 cm³/mol. The monoisotopic (exact) mass is 308 g/mol.